The molecule has 1 spiro atoms. The van der Waals surface area contributed by atoms with Crippen LogP contribution in [0.3, 0.4) is 0 Å². The van der Waals surface area contributed by atoms with Crippen molar-refractivity contribution in [2.45, 2.75) is 57.9 Å². The van der Waals surface area contributed by atoms with Gasteiger partial charge in [-0.2, -0.15) is 5.10 Å². The number of aryl methyl sites for hydroxylation is 1. The Labute approximate surface area is 104 Å². The molecule has 0 unspecified atom stereocenters. The summed E-state index contributed by atoms with van der Waals surface area (Å²) in [5.74, 6) is 0. The Balaban J connectivity index is 2.04. The Morgan fingerprint density at radius 3 is 2.65 bits per heavy atom. The third-order valence-corrected chi connectivity index (χ3v) is 4.72. The van der Waals surface area contributed by atoms with Gasteiger partial charge in [0.1, 0.15) is 0 Å². The molecule has 1 N–H and O–H groups in total. The molecule has 94 valence electrons. The summed E-state index contributed by atoms with van der Waals surface area (Å²) in [6.07, 6.45) is 6.29. The Bertz CT molecular complexity index is 413. The van der Waals surface area contributed by atoms with E-state index < -0.39 is 0 Å². The van der Waals surface area contributed by atoms with Crippen LogP contribution in [0, 0.1) is 0 Å². The zero-order valence-corrected chi connectivity index (χ0v) is 11.1. The van der Waals surface area contributed by atoms with Crippen LogP contribution >= 0.6 is 0 Å². The minimum absolute atomic E-state index is 0.422. The average molecular weight is 233 g/mol. The lowest BCUT2D eigenvalue weighted by atomic mass is 9.77. The molecule has 1 aromatic rings. The molecule has 17 heavy (non-hydrogen) atoms. The van der Waals surface area contributed by atoms with Crippen molar-refractivity contribution in [2.24, 2.45) is 0 Å². The molecule has 0 aromatic carbocycles. The van der Waals surface area contributed by atoms with E-state index in [-0.39, 0.29) is 0 Å². The van der Waals surface area contributed by atoms with Gasteiger partial charge in [-0.15, -0.1) is 0 Å². The predicted molar refractivity (Wildman–Crippen MR) is 69.4 cm³/mol. The van der Waals surface area contributed by atoms with E-state index in [1.165, 1.54) is 50.2 Å². The van der Waals surface area contributed by atoms with Crippen LogP contribution in [0.1, 0.15) is 50.1 Å². The zero-order chi connectivity index (χ0) is 11.9. The molecule has 3 heteroatoms. The summed E-state index contributed by atoms with van der Waals surface area (Å²) in [5, 5.41) is 8.43. The number of aromatic nitrogens is 2. The van der Waals surface area contributed by atoms with Gasteiger partial charge in [-0.05, 0) is 57.7 Å². The SMILES string of the molecule is CCc1c2c(nn1CC)C1(CCNCC1)CC2. The van der Waals surface area contributed by atoms with Crippen LogP contribution in [0.4, 0.5) is 0 Å². The van der Waals surface area contributed by atoms with Crippen molar-refractivity contribution in [1.29, 1.82) is 0 Å². The van der Waals surface area contributed by atoms with Gasteiger partial charge in [-0.1, -0.05) is 6.92 Å². The maximum atomic E-state index is 4.95. The summed E-state index contributed by atoms with van der Waals surface area (Å²) in [4.78, 5) is 0. The molecule has 2 aliphatic rings. The van der Waals surface area contributed by atoms with Crippen molar-refractivity contribution in [3.05, 3.63) is 17.0 Å². The molecule has 2 heterocycles. The highest BCUT2D eigenvalue weighted by Gasteiger charge is 2.43. The molecule has 0 saturated carbocycles. The fourth-order valence-corrected chi connectivity index (χ4v) is 3.76. The monoisotopic (exact) mass is 233 g/mol. The third kappa shape index (κ3) is 1.55. The standard InChI is InChI=1S/C14H23N3/c1-3-12-11-5-6-14(7-9-15-10-8-14)13(11)16-17(12)4-2/h15H,3-10H2,1-2H3. The Morgan fingerprint density at radius 1 is 1.24 bits per heavy atom. The number of rotatable bonds is 2. The molecule has 3 nitrogen and oxygen atoms in total. The van der Waals surface area contributed by atoms with E-state index >= 15 is 0 Å². The molecule has 0 amide bonds. The minimum Gasteiger partial charge on any atom is -0.317 e. The molecular weight excluding hydrogens is 210 g/mol. The van der Waals surface area contributed by atoms with E-state index in [4.69, 9.17) is 5.10 Å². The highest BCUT2D eigenvalue weighted by atomic mass is 15.3. The van der Waals surface area contributed by atoms with Crippen molar-refractivity contribution in [3.63, 3.8) is 0 Å². The van der Waals surface area contributed by atoms with Crippen molar-refractivity contribution in [2.75, 3.05) is 13.1 Å². The summed E-state index contributed by atoms with van der Waals surface area (Å²) < 4.78 is 2.24. The molecule has 1 fully saturated rings. The van der Waals surface area contributed by atoms with Gasteiger partial charge in [-0.25, -0.2) is 0 Å². The summed E-state index contributed by atoms with van der Waals surface area (Å²) >= 11 is 0. The van der Waals surface area contributed by atoms with Gasteiger partial charge in [-0.3, -0.25) is 4.68 Å². The number of nitrogens with zero attached hydrogens (tertiary/aromatic N) is 2. The first-order valence-electron chi connectivity index (χ1n) is 7.10. The second-order valence-electron chi connectivity index (χ2n) is 5.47. The number of piperidine rings is 1. The fraction of sp³-hybridized carbons (Fsp3) is 0.786. The van der Waals surface area contributed by atoms with Crippen LogP contribution in [0.2, 0.25) is 0 Å². The van der Waals surface area contributed by atoms with Gasteiger partial charge in [0, 0.05) is 17.7 Å². The molecule has 1 aromatic heterocycles. The maximum Gasteiger partial charge on any atom is 0.0722 e. The highest BCUT2D eigenvalue weighted by Crippen LogP contribution is 2.45. The van der Waals surface area contributed by atoms with E-state index in [9.17, 15) is 0 Å². The smallest absolute Gasteiger partial charge is 0.0722 e. The number of fused-ring (bicyclic) bond motifs is 2. The van der Waals surface area contributed by atoms with Crippen molar-refractivity contribution < 1.29 is 0 Å². The van der Waals surface area contributed by atoms with E-state index in [0.717, 1.165) is 13.0 Å². The maximum absolute atomic E-state index is 4.95. The predicted octanol–water partition coefficient (Wildman–Crippen LogP) is 2.03. The molecule has 0 radical (unpaired) electrons. The van der Waals surface area contributed by atoms with Gasteiger partial charge in [0.25, 0.3) is 0 Å². The molecule has 1 aliphatic carbocycles. The second kappa shape index (κ2) is 4.13. The molecule has 3 rings (SSSR count). The fourth-order valence-electron chi connectivity index (χ4n) is 3.76. The van der Waals surface area contributed by atoms with Crippen molar-refractivity contribution in [3.8, 4) is 0 Å². The van der Waals surface area contributed by atoms with Gasteiger partial charge in [0.05, 0.1) is 5.69 Å². The zero-order valence-electron chi connectivity index (χ0n) is 11.1. The Hall–Kier alpha value is -0.830. The molecule has 0 atom stereocenters. The lowest BCUT2D eigenvalue weighted by molar-refractivity contribution is 0.296. The van der Waals surface area contributed by atoms with Crippen LogP contribution in [-0.2, 0) is 24.8 Å². The van der Waals surface area contributed by atoms with E-state index in [1.54, 1.807) is 5.56 Å². The van der Waals surface area contributed by atoms with Crippen LogP contribution in [0.15, 0.2) is 0 Å². The summed E-state index contributed by atoms with van der Waals surface area (Å²) in [6.45, 7) is 7.82. The van der Waals surface area contributed by atoms with Crippen LogP contribution in [-0.4, -0.2) is 22.9 Å². The molecule has 1 saturated heterocycles. The average Bonchev–Trinajstić information content (AvgIpc) is 2.89. The largest absolute Gasteiger partial charge is 0.317 e. The summed E-state index contributed by atoms with van der Waals surface area (Å²) in [6, 6.07) is 0. The molecule has 1 aliphatic heterocycles. The molecular formula is C14H23N3. The third-order valence-electron chi connectivity index (χ3n) is 4.72. The number of hydrogen-bond acceptors (Lipinski definition) is 2. The first-order chi connectivity index (χ1) is 8.30. The first-order valence-corrected chi connectivity index (χ1v) is 7.10. The van der Waals surface area contributed by atoms with E-state index in [0.29, 0.717) is 5.41 Å². The topological polar surface area (TPSA) is 29.9 Å². The van der Waals surface area contributed by atoms with Gasteiger partial charge >= 0.3 is 0 Å². The quantitative estimate of drug-likeness (QED) is 0.847. The Kier molecular flexibility index (Phi) is 2.74. The highest BCUT2D eigenvalue weighted by molar-refractivity contribution is 5.38. The van der Waals surface area contributed by atoms with Crippen molar-refractivity contribution >= 4 is 0 Å². The normalized spacial score (nSPS) is 22.0. The lowest BCUT2D eigenvalue weighted by Crippen LogP contribution is -2.38. The number of hydrogen-bond donors (Lipinski definition) is 1. The Morgan fingerprint density at radius 2 is 2.00 bits per heavy atom. The van der Waals surface area contributed by atoms with Gasteiger partial charge in [0.2, 0.25) is 0 Å². The van der Waals surface area contributed by atoms with Crippen molar-refractivity contribution in [1.82, 2.24) is 15.1 Å². The van der Waals surface area contributed by atoms with Crippen LogP contribution in [0.5, 0.6) is 0 Å². The lowest BCUT2D eigenvalue weighted by Gasteiger charge is -2.33. The minimum atomic E-state index is 0.422. The number of nitrogens with one attached hydrogen (secondary N) is 1. The first kappa shape index (κ1) is 11.3. The van der Waals surface area contributed by atoms with E-state index in [1.807, 2.05) is 0 Å². The van der Waals surface area contributed by atoms with Gasteiger partial charge in [0.15, 0.2) is 0 Å². The second-order valence-corrected chi connectivity index (χ2v) is 5.47. The van der Waals surface area contributed by atoms with Crippen LogP contribution in [0.25, 0.3) is 0 Å². The van der Waals surface area contributed by atoms with E-state index in [2.05, 4.69) is 23.8 Å². The van der Waals surface area contributed by atoms with Crippen LogP contribution < -0.4 is 5.32 Å². The van der Waals surface area contributed by atoms with Gasteiger partial charge < -0.3 is 5.32 Å². The summed E-state index contributed by atoms with van der Waals surface area (Å²) in [5.41, 5.74) is 4.97. The summed E-state index contributed by atoms with van der Waals surface area (Å²) in [7, 11) is 0. The molecule has 0 bridgehead atoms.